The first-order valence-corrected chi connectivity index (χ1v) is 6.35. The van der Waals surface area contributed by atoms with E-state index in [1.165, 1.54) is 31.4 Å². The number of rotatable bonds is 5. The molecule has 0 heterocycles. The van der Waals surface area contributed by atoms with Crippen LogP contribution in [0.1, 0.15) is 11.1 Å². The Labute approximate surface area is 126 Å². The molecule has 0 aliphatic rings. The second-order valence-electron chi connectivity index (χ2n) is 4.45. The Kier molecular flexibility index (Phi) is 4.53. The molecule has 22 heavy (non-hydrogen) atoms. The van der Waals surface area contributed by atoms with E-state index in [1.54, 1.807) is 30.3 Å². The van der Waals surface area contributed by atoms with Crippen molar-refractivity contribution in [2.75, 3.05) is 7.11 Å². The Morgan fingerprint density at radius 2 is 1.95 bits per heavy atom. The third-order valence-electron chi connectivity index (χ3n) is 3.00. The van der Waals surface area contributed by atoms with E-state index < -0.39 is 10.9 Å². The Bertz CT molecular complexity index is 752. The van der Waals surface area contributed by atoms with Gasteiger partial charge in [-0.15, -0.1) is 0 Å². The number of non-ortho nitro benzene ring substituents is 1. The lowest BCUT2D eigenvalue weighted by molar-refractivity contribution is -0.384. The number of carboxylic acids is 1. The van der Waals surface area contributed by atoms with Crippen LogP contribution in [0.5, 0.6) is 5.75 Å². The van der Waals surface area contributed by atoms with Crippen LogP contribution in [0.4, 0.5) is 5.69 Å². The van der Waals surface area contributed by atoms with Gasteiger partial charge >= 0.3 is 5.97 Å². The quantitative estimate of drug-likeness (QED) is 0.396. The second-order valence-corrected chi connectivity index (χ2v) is 4.45. The third kappa shape index (κ3) is 3.49. The number of benzene rings is 2. The minimum absolute atomic E-state index is 0.0272. The summed E-state index contributed by atoms with van der Waals surface area (Å²) in [5, 5.41) is 20.2. The Balaban J connectivity index is 2.49. The SMILES string of the molecule is COc1cccc(/C(=C/c2cccc([N+](=O)[O-])c2)C(=O)O)c1. The molecule has 0 fully saturated rings. The zero-order valence-electron chi connectivity index (χ0n) is 11.7. The van der Waals surface area contributed by atoms with Gasteiger partial charge in [-0.05, 0) is 29.3 Å². The minimum Gasteiger partial charge on any atom is -0.497 e. The molecule has 0 aromatic heterocycles. The molecule has 0 atom stereocenters. The van der Waals surface area contributed by atoms with E-state index in [1.807, 2.05) is 0 Å². The topological polar surface area (TPSA) is 89.7 Å². The third-order valence-corrected chi connectivity index (χ3v) is 3.00. The number of hydrogen-bond donors (Lipinski definition) is 1. The van der Waals surface area contributed by atoms with Crippen molar-refractivity contribution < 1.29 is 19.6 Å². The zero-order chi connectivity index (χ0) is 16.1. The average Bonchev–Trinajstić information content (AvgIpc) is 2.52. The van der Waals surface area contributed by atoms with Crippen molar-refractivity contribution in [1.29, 1.82) is 0 Å². The summed E-state index contributed by atoms with van der Waals surface area (Å²) in [6.45, 7) is 0. The molecule has 0 saturated heterocycles. The molecular weight excluding hydrogens is 286 g/mol. The molecule has 0 aliphatic heterocycles. The van der Waals surface area contributed by atoms with Crippen molar-refractivity contribution >= 4 is 23.3 Å². The van der Waals surface area contributed by atoms with E-state index in [0.717, 1.165) is 0 Å². The predicted octanol–water partition coefficient (Wildman–Crippen LogP) is 3.23. The zero-order valence-corrected chi connectivity index (χ0v) is 11.7. The maximum Gasteiger partial charge on any atom is 0.336 e. The van der Waals surface area contributed by atoms with Crippen molar-refractivity contribution in [3.8, 4) is 5.75 Å². The van der Waals surface area contributed by atoms with Crippen LogP contribution in [0.3, 0.4) is 0 Å². The molecule has 0 bridgehead atoms. The predicted molar refractivity (Wildman–Crippen MR) is 81.6 cm³/mol. The molecule has 2 aromatic carbocycles. The van der Waals surface area contributed by atoms with Gasteiger partial charge in [-0.25, -0.2) is 4.79 Å². The highest BCUT2D eigenvalue weighted by molar-refractivity contribution is 6.20. The fourth-order valence-electron chi connectivity index (χ4n) is 1.95. The smallest absolute Gasteiger partial charge is 0.336 e. The molecule has 0 unspecified atom stereocenters. The first-order valence-electron chi connectivity index (χ1n) is 6.35. The van der Waals surface area contributed by atoms with Crippen LogP contribution in [0.25, 0.3) is 11.6 Å². The van der Waals surface area contributed by atoms with Gasteiger partial charge in [0.1, 0.15) is 5.75 Å². The fourth-order valence-corrected chi connectivity index (χ4v) is 1.95. The van der Waals surface area contributed by atoms with Crippen LogP contribution >= 0.6 is 0 Å². The molecule has 0 radical (unpaired) electrons. The minimum atomic E-state index is -1.13. The number of nitro benzene ring substituents is 1. The standard InChI is InChI=1S/C16H13NO5/c1-22-14-7-3-5-12(10-14)15(16(18)19)9-11-4-2-6-13(8-11)17(20)21/h2-10H,1H3,(H,18,19)/b15-9-. The molecule has 1 N–H and O–H groups in total. The van der Waals surface area contributed by atoms with E-state index in [-0.39, 0.29) is 11.3 Å². The van der Waals surface area contributed by atoms with Gasteiger partial charge in [0.15, 0.2) is 0 Å². The number of hydrogen-bond acceptors (Lipinski definition) is 4. The highest BCUT2D eigenvalue weighted by Crippen LogP contribution is 2.24. The van der Waals surface area contributed by atoms with Crippen molar-refractivity contribution in [1.82, 2.24) is 0 Å². The van der Waals surface area contributed by atoms with Gasteiger partial charge in [0, 0.05) is 12.1 Å². The molecule has 0 saturated carbocycles. The molecule has 0 aliphatic carbocycles. The summed E-state index contributed by atoms with van der Waals surface area (Å²) in [4.78, 5) is 21.7. The van der Waals surface area contributed by atoms with Gasteiger partial charge in [-0.2, -0.15) is 0 Å². The van der Waals surface area contributed by atoms with Gasteiger partial charge in [0.2, 0.25) is 0 Å². The van der Waals surface area contributed by atoms with E-state index >= 15 is 0 Å². The first-order chi connectivity index (χ1) is 10.5. The summed E-state index contributed by atoms with van der Waals surface area (Å²) in [5.41, 5.74) is 0.830. The number of methoxy groups -OCH3 is 1. The largest absolute Gasteiger partial charge is 0.497 e. The Hall–Kier alpha value is -3.15. The number of carboxylic acid groups (broad SMARTS) is 1. The van der Waals surface area contributed by atoms with Crippen LogP contribution in [-0.4, -0.2) is 23.1 Å². The van der Waals surface area contributed by atoms with Crippen molar-refractivity contribution in [3.05, 3.63) is 69.8 Å². The number of nitro groups is 1. The summed E-state index contributed by atoms with van der Waals surface area (Å²) in [6.07, 6.45) is 1.39. The number of nitrogens with zero attached hydrogens (tertiary/aromatic N) is 1. The van der Waals surface area contributed by atoms with Crippen LogP contribution in [0.2, 0.25) is 0 Å². The lowest BCUT2D eigenvalue weighted by Crippen LogP contribution is -2.00. The Morgan fingerprint density at radius 1 is 1.23 bits per heavy atom. The van der Waals surface area contributed by atoms with Gasteiger partial charge in [0.05, 0.1) is 17.6 Å². The monoisotopic (exact) mass is 299 g/mol. The lowest BCUT2D eigenvalue weighted by Gasteiger charge is -2.06. The van der Waals surface area contributed by atoms with Gasteiger partial charge in [-0.3, -0.25) is 10.1 Å². The van der Waals surface area contributed by atoms with Crippen LogP contribution in [-0.2, 0) is 4.79 Å². The summed E-state index contributed by atoms with van der Waals surface area (Å²) in [5.74, 6) is -0.594. The summed E-state index contributed by atoms with van der Waals surface area (Å²) >= 11 is 0. The summed E-state index contributed by atoms with van der Waals surface area (Å²) < 4.78 is 5.08. The van der Waals surface area contributed by atoms with E-state index in [9.17, 15) is 20.0 Å². The first kappa shape index (κ1) is 15.2. The van der Waals surface area contributed by atoms with Gasteiger partial charge in [-0.1, -0.05) is 24.3 Å². The highest BCUT2D eigenvalue weighted by atomic mass is 16.6. The van der Waals surface area contributed by atoms with Crippen LogP contribution in [0.15, 0.2) is 48.5 Å². The lowest BCUT2D eigenvalue weighted by atomic mass is 10.0. The van der Waals surface area contributed by atoms with E-state index in [0.29, 0.717) is 16.9 Å². The normalized spacial score (nSPS) is 11.0. The number of carbonyl (C=O) groups is 1. The molecule has 112 valence electrons. The maximum absolute atomic E-state index is 11.5. The van der Waals surface area contributed by atoms with Crippen LogP contribution in [0, 0.1) is 10.1 Å². The van der Waals surface area contributed by atoms with Gasteiger partial charge < -0.3 is 9.84 Å². The highest BCUT2D eigenvalue weighted by Gasteiger charge is 2.12. The van der Waals surface area contributed by atoms with Gasteiger partial charge in [0.25, 0.3) is 5.69 Å². The summed E-state index contributed by atoms with van der Waals surface area (Å²) in [6, 6.07) is 12.4. The molecule has 2 rings (SSSR count). The molecule has 6 nitrogen and oxygen atoms in total. The molecular formula is C16H13NO5. The number of ether oxygens (including phenoxy) is 1. The fraction of sp³-hybridized carbons (Fsp3) is 0.0625. The van der Waals surface area contributed by atoms with Crippen molar-refractivity contribution in [2.45, 2.75) is 0 Å². The van der Waals surface area contributed by atoms with E-state index in [4.69, 9.17) is 4.74 Å². The second kappa shape index (κ2) is 6.53. The van der Waals surface area contributed by atoms with Crippen molar-refractivity contribution in [3.63, 3.8) is 0 Å². The molecule has 6 heteroatoms. The Morgan fingerprint density at radius 3 is 2.59 bits per heavy atom. The van der Waals surface area contributed by atoms with E-state index in [2.05, 4.69) is 0 Å². The molecule has 0 amide bonds. The summed E-state index contributed by atoms with van der Waals surface area (Å²) in [7, 11) is 1.49. The van der Waals surface area contributed by atoms with Crippen LogP contribution < -0.4 is 4.74 Å². The number of aliphatic carboxylic acids is 1. The average molecular weight is 299 g/mol. The molecule has 0 spiro atoms. The maximum atomic E-state index is 11.5. The van der Waals surface area contributed by atoms with Crippen molar-refractivity contribution in [2.24, 2.45) is 0 Å². The molecule has 2 aromatic rings.